The van der Waals surface area contributed by atoms with Gasteiger partial charge in [0.05, 0.1) is 13.0 Å². The summed E-state index contributed by atoms with van der Waals surface area (Å²) in [5.41, 5.74) is 4.35. The molecule has 0 amide bonds. The van der Waals surface area contributed by atoms with Gasteiger partial charge >= 0.3 is 5.97 Å². The first-order chi connectivity index (χ1) is 7.33. The van der Waals surface area contributed by atoms with Gasteiger partial charge in [-0.1, -0.05) is 30.3 Å². The van der Waals surface area contributed by atoms with Gasteiger partial charge in [0.25, 0.3) is 0 Å². The second kappa shape index (κ2) is 4.13. The van der Waals surface area contributed by atoms with Crippen molar-refractivity contribution in [3.8, 4) is 0 Å². The van der Waals surface area contributed by atoms with Crippen LogP contribution in [0.4, 0.5) is 0 Å². The Morgan fingerprint density at radius 2 is 2.20 bits per heavy atom. The number of carbonyl (C=O) groups excluding carboxylic acids is 1. The number of nitrogens with zero attached hydrogens (tertiary/aromatic N) is 1. The molecule has 0 saturated heterocycles. The second-order valence-electron chi connectivity index (χ2n) is 3.31. The Kier molecular flexibility index (Phi) is 2.67. The largest absolute Gasteiger partial charge is 0.464 e. The first kappa shape index (κ1) is 9.71. The van der Waals surface area contributed by atoms with Crippen LogP contribution in [0.3, 0.4) is 0 Å². The molecule has 0 bridgehead atoms. The predicted molar refractivity (Wildman–Crippen MR) is 56.6 cm³/mol. The Balaban J connectivity index is 2.25. The number of rotatable bonds is 2. The normalized spacial score (nSPS) is 19.3. The van der Waals surface area contributed by atoms with Crippen molar-refractivity contribution in [1.29, 1.82) is 0 Å². The number of carbonyl (C=O) groups is 1. The fourth-order valence-electron chi connectivity index (χ4n) is 1.65. The van der Waals surface area contributed by atoms with Gasteiger partial charge in [-0.25, -0.2) is 4.79 Å². The number of hydrazone groups is 1. The molecule has 1 aromatic carbocycles. The summed E-state index contributed by atoms with van der Waals surface area (Å²) in [4.78, 5) is 11.4. The summed E-state index contributed by atoms with van der Waals surface area (Å²) in [6.07, 6.45) is 0. The quantitative estimate of drug-likeness (QED) is 0.728. The van der Waals surface area contributed by atoms with Crippen LogP contribution >= 0.6 is 0 Å². The minimum atomic E-state index is -0.367. The average Bonchev–Trinajstić information content (AvgIpc) is 2.78. The maximum absolute atomic E-state index is 11.4. The van der Waals surface area contributed by atoms with Crippen molar-refractivity contribution in [1.82, 2.24) is 5.43 Å². The van der Waals surface area contributed by atoms with E-state index in [1.54, 1.807) is 0 Å². The standard InChI is InChI=1S/C11H12N2O2/c1-15-11(14)10-9(7-12-13-10)8-5-3-2-4-6-8/h2-6,9,12H,7H2,1H3. The fourth-order valence-corrected chi connectivity index (χ4v) is 1.65. The van der Waals surface area contributed by atoms with E-state index in [4.69, 9.17) is 0 Å². The number of ether oxygens (including phenoxy) is 1. The molecule has 1 unspecified atom stereocenters. The van der Waals surface area contributed by atoms with Crippen molar-refractivity contribution >= 4 is 11.7 Å². The van der Waals surface area contributed by atoms with Crippen molar-refractivity contribution in [2.24, 2.45) is 5.10 Å². The van der Waals surface area contributed by atoms with Crippen molar-refractivity contribution in [3.63, 3.8) is 0 Å². The topological polar surface area (TPSA) is 50.7 Å². The Labute approximate surface area is 87.9 Å². The summed E-state index contributed by atoms with van der Waals surface area (Å²) in [6.45, 7) is 0.647. The molecule has 1 aromatic rings. The fraction of sp³-hybridized carbons (Fsp3) is 0.273. The maximum atomic E-state index is 11.4. The SMILES string of the molecule is COC(=O)C1=NNCC1c1ccccc1. The molecule has 0 aliphatic carbocycles. The molecule has 0 radical (unpaired) electrons. The number of hydrogen-bond donors (Lipinski definition) is 1. The third kappa shape index (κ3) is 1.83. The highest BCUT2D eigenvalue weighted by Crippen LogP contribution is 2.20. The van der Waals surface area contributed by atoms with Gasteiger partial charge in [-0.3, -0.25) is 0 Å². The molecule has 1 N–H and O–H groups in total. The molecule has 0 spiro atoms. The van der Waals surface area contributed by atoms with Gasteiger partial charge < -0.3 is 10.2 Å². The summed E-state index contributed by atoms with van der Waals surface area (Å²) in [6, 6.07) is 9.80. The van der Waals surface area contributed by atoms with Crippen molar-refractivity contribution in [3.05, 3.63) is 35.9 Å². The van der Waals surface area contributed by atoms with E-state index in [1.165, 1.54) is 7.11 Å². The first-order valence-electron chi connectivity index (χ1n) is 4.76. The third-order valence-corrected chi connectivity index (χ3v) is 2.42. The highest BCUT2D eigenvalue weighted by molar-refractivity contribution is 6.39. The zero-order chi connectivity index (χ0) is 10.7. The molecular formula is C11H12N2O2. The molecule has 4 heteroatoms. The molecule has 4 nitrogen and oxygen atoms in total. The van der Waals surface area contributed by atoms with E-state index in [9.17, 15) is 4.79 Å². The molecule has 1 aliphatic heterocycles. The van der Waals surface area contributed by atoms with Crippen LogP contribution in [0.15, 0.2) is 35.4 Å². The summed E-state index contributed by atoms with van der Waals surface area (Å²) in [5.74, 6) is -0.368. The van der Waals surface area contributed by atoms with E-state index in [-0.39, 0.29) is 11.9 Å². The van der Waals surface area contributed by atoms with E-state index in [0.717, 1.165) is 5.56 Å². The van der Waals surface area contributed by atoms with Gasteiger partial charge in [0, 0.05) is 6.54 Å². The Bertz CT molecular complexity index is 387. The lowest BCUT2D eigenvalue weighted by molar-refractivity contribution is -0.132. The monoisotopic (exact) mass is 204 g/mol. The van der Waals surface area contributed by atoms with E-state index in [2.05, 4.69) is 15.3 Å². The van der Waals surface area contributed by atoms with Crippen LogP contribution in [0.1, 0.15) is 11.5 Å². The number of benzene rings is 1. The maximum Gasteiger partial charge on any atom is 0.354 e. The van der Waals surface area contributed by atoms with Gasteiger partial charge in [0.1, 0.15) is 0 Å². The number of hydrogen-bond acceptors (Lipinski definition) is 4. The van der Waals surface area contributed by atoms with Crippen LogP contribution in [0.2, 0.25) is 0 Å². The zero-order valence-electron chi connectivity index (χ0n) is 8.43. The minimum absolute atomic E-state index is 0.00125. The van der Waals surface area contributed by atoms with Gasteiger partial charge in [-0.2, -0.15) is 5.10 Å². The zero-order valence-corrected chi connectivity index (χ0v) is 8.43. The van der Waals surface area contributed by atoms with Crippen LogP contribution in [0.25, 0.3) is 0 Å². The number of nitrogens with one attached hydrogen (secondary N) is 1. The van der Waals surface area contributed by atoms with Crippen molar-refractivity contribution < 1.29 is 9.53 Å². The second-order valence-corrected chi connectivity index (χ2v) is 3.31. The summed E-state index contributed by atoms with van der Waals surface area (Å²) >= 11 is 0. The Morgan fingerprint density at radius 1 is 1.47 bits per heavy atom. The molecule has 2 rings (SSSR count). The van der Waals surface area contributed by atoms with Crippen LogP contribution < -0.4 is 5.43 Å². The van der Waals surface area contributed by atoms with Crippen molar-refractivity contribution in [2.75, 3.05) is 13.7 Å². The molecule has 1 heterocycles. The van der Waals surface area contributed by atoms with Gasteiger partial charge in [0.15, 0.2) is 5.71 Å². The molecule has 78 valence electrons. The summed E-state index contributed by atoms with van der Waals surface area (Å²) in [5, 5.41) is 3.96. The third-order valence-electron chi connectivity index (χ3n) is 2.42. The Hall–Kier alpha value is -1.84. The average molecular weight is 204 g/mol. The van der Waals surface area contributed by atoms with E-state index in [1.807, 2.05) is 30.3 Å². The van der Waals surface area contributed by atoms with Crippen LogP contribution in [0, 0.1) is 0 Å². The predicted octanol–water partition coefficient (Wildman–Crippen LogP) is 0.902. The smallest absolute Gasteiger partial charge is 0.354 e. The van der Waals surface area contributed by atoms with Gasteiger partial charge in [0.2, 0.25) is 0 Å². The number of methoxy groups -OCH3 is 1. The van der Waals surface area contributed by atoms with Crippen molar-refractivity contribution in [2.45, 2.75) is 5.92 Å². The van der Waals surface area contributed by atoms with Crippen LogP contribution in [-0.2, 0) is 9.53 Å². The van der Waals surface area contributed by atoms with E-state index in [0.29, 0.717) is 12.3 Å². The molecule has 1 aliphatic rings. The van der Waals surface area contributed by atoms with Gasteiger partial charge in [-0.15, -0.1) is 0 Å². The molecule has 15 heavy (non-hydrogen) atoms. The highest BCUT2D eigenvalue weighted by Gasteiger charge is 2.29. The lowest BCUT2D eigenvalue weighted by Crippen LogP contribution is -2.22. The van der Waals surface area contributed by atoms with E-state index >= 15 is 0 Å². The van der Waals surface area contributed by atoms with Crippen LogP contribution in [0.5, 0.6) is 0 Å². The molecule has 0 aromatic heterocycles. The molecule has 1 atom stereocenters. The lowest BCUT2D eigenvalue weighted by atomic mass is 9.95. The van der Waals surface area contributed by atoms with Gasteiger partial charge in [-0.05, 0) is 5.56 Å². The molecule has 0 fully saturated rings. The minimum Gasteiger partial charge on any atom is -0.464 e. The molecular weight excluding hydrogens is 192 g/mol. The van der Waals surface area contributed by atoms with E-state index < -0.39 is 0 Å². The summed E-state index contributed by atoms with van der Waals surface area (Å²) in [7, 11) is 1.37. The number of esters is 1. The summed E-state index contributed by atoms with van der Waals surface area (Å²) < 4.78 is 4.68. The highest BCUT2D eigenvalue weighted by atomic mass is 16.5. The van der Waals surface area contributed by atoms with Crippen LogP contribution in [-0.4, -0.2) is 25.3 Å². The Morgan fingerprint density at radius 3 is 2.87 bits per heavy atom. The molecule has 0 saturated carbocycles. The lowest BCUT2D eigenvalue weighted by Gasteiger charge is -2.09. The first-order valence-corrected chi connectivity index (χ1v) is 4.76.